The zero-order valence-electron chi connectivity index (χ0n) is 10.8. The first-order valence-corrected chi connectivity index (χ1v) is 7.12. The Morgan fingerprint density at radius 2 is 2.00 bits per heavy atom. The molecule has 2 heteroatoms. The van der Waals surface area contributed by atoms with Crippen LogP contribution in [0.25, 0.3) is 0 Å². The fourth-order valence-electron chi connectivity index (χ4n) is 3.73. The van der Waals surface area contributed by atoms with Crippen molar-refractivity contribution in [2.45, 2.75) is 38.6 Å². The molecule has 1 aromatic carbocycles. The Morgan fingerprint density at radius 1 is 1.17 bits per heavy atom. The summed E-state index contributed by atoms with van der Waals surface area (Å²) in [6.07, 6.45) is 6.20. The molecule has 2 aliphatic rings. The molecule has 0 aromatic heterocycles. The number of hydrogen-bond acceptors (Lipinski definition) is 1. The molecular formula is C16H21NO. The van der Waals surface area contributed by atoms with Gasteiger partial charge in [-0.25, -0.2) is 0 Å². The van der Waals surface area contributed by atoms with Gasteiger partial charge in [0.25, 0.3) is 0 Å². The van der Waals surface area contributed by atoms with Gasteiger partial charge in [-0.1, -0.05) is 36.8 Å². The number of rotatable bonds is 4. The van der Waals surface area contributed by atoms with Crippen molar-refractivity contribution >= 4 is 5.91 Å². The van der Waals surface area contributed by atoms with Gasteiger partial charge in [0, 0.05) is 13.0 Å². The number of carbonyl (C=O) groups is 1. The van der Waals surface area contributed by atoms with Crippen LogP contribution in [0, 0.1) is 17.8 Å². The van der Waals surface area contributed by atoms with Gasteiger partial charge in [-0.2, -0.15) is 0 Å². The molecule has 0 aliphatic heterocycles. The lowest BCUT2D eigenvalue weighted by Gasteiger charge is -2.20. The summed E-state index contributed by atoms with van der Waals surface area (Å²) in [5.41, 5.74) is 1.18. The quantitative estimate of drug-likeness (QED) is 0.865. The highest BCUT2D eigenvalue weighted by atomic mass is 16.1. The molecule has 0 heterocycles. The Labute approximate surface area is 109 Å². The van der Waals surface area contributed by atoms with E-state index in [4.69, 9.17) is 0 Å². The number of carbonyl (C=O) groups excluding carboxylic acids is 1. The highest BCUT2D eigenvalue weighted by molar-refractivity contribution is 5.76. The first-order chi connectivity index (χ1) is 8.81. The first-order valence-electron chi connectivity index (χ1n) is 7.12. The topological polar surface area (TPSA) is 29.1 Å². The summed E-state index contributed by atoms with van der Waals surface area (Å²) in [5, 5.41) is 3.05. The first kappa shape index (κ1) is 11.8. The number of benzene rings is 1. The standard InChI is InChI=1S/C16H21NO/c18-16(17-11-12-4-2-1-3-5-12)10-15-9-13-6-7-14(15)8-13/h1-5,13-15H,6-11H2,(H,17,18)/t13-,14-,15-/m0/s1. The minimum atomic E-state index is 0.233. The van der Waals surface area contributed by atoms with Crippen LogP contribution in [0.15, 0.2) is 30.3 Å². The molecule has 2 aliphatic carbocycles. The van der Waals surface area contributed by atoms with E-state index < -0.39 is 0 Å². The largest absolute Gasteiger partial charge is 0.352 e. The van der Waals surface area contributed by atoms with Crippen molar-refractivity contribution in [2.24, 2.45) is 17.8 Å². The molecule has 3 rings (SSSR count). The van der Waals surface area contributed by atoms with Gasteiger partial charge in [-0.05, 0) is 42.6 Å². The molecule has 2 bridgehead atoms. The molecule has 2 nitrogen and oxygen atoms in total. The van der Waals surface area contributed by atoms with Crippen LogP contribution in [0.2, 0.25) is 0 Å². The van der Waals surface area contributed by atoms with Crippen molar-refractivity contribution < 1.29 is 4.79 Å². The average Bonchev–Trinajstić information content (AvgIpc) is 3.00. The van der Waals surface area contributed by atoms with E-state index in [1.807, 2.05) is 18.2 Å². The highest BCUT2D eigenvalue weighted by Gasteiger charge is 2.39. The predicted octanol–water partition coefficient (Wildman–Crippen LogP) is 3.13. The van der Waals surface area contributed by atoms with Gasteiger partial charge in [0.15, 0.2) is 0 Å². The summed E-state index contributed by atoms with van der Waals surface area (Å²) in [4.78, 5) is 11.9. The van der Waals surface area contributed by atoms with Crippen LogP contribution in [-0.4, -0.2) is 5.91 Å². The third-order valence-corrected chi connectivity index (χ3v) is 4.66. The molecule has 1 N–H and O–H groups in total. The maximum Gasteiger partial charge on any atom is 0.220 e. The maximum atomic E-state index is 11.9. The Morgan fingerprint density at radius 3 is 2.67 bits per heavy atom. The Balaban J connectivity index is 1.45. The van der Waals surface area contributed by atoms with Crippen LogP contribution < -0.4 is 5.32 Å². The van der Waals surface area contributed by atoms with Crippen molar-refractivity contribution in [3.05, 3.63) is 35.9 Å². The van der Waals surface area contributed by atoms with Crippen LogP contribution in [0.1, 0.15) is 37.7 Å². The number of nitrogens with one attached hydrogen (secondary N) is 1. The molecule has 2 fully saturated rings. The molecule has 18 heavy (non-hydrogen) atoms. The fraction of sp³-hybridized carbons (Fsp3) is 0.562. The van der Waals surface area contributed by atoms with E-state index in [9.17, 15) is 4.79 Å². The molecule has 3 atom stereocenters. The van der Waals surface area contributed by atoms with Crippen LogP contribution >= 0.6 is 0 Å². The summed E-state index contributed by atoms with van der Waals surface area (Å²) in [5.74, 6) is 2.68. The summed E-state index contributed by atoms with van der Waals surface area (Å²) >= 11 is 0. The lowest BCUT2D eigenvalue weighted by Crippen LogP contribution is -2.26. The Hall–Kier alpha value is -1.31. The molecule has 0 saturated heterocycles. The van der Waals surface area contributed by atoms with Crippen molar-refractivity contribution in [1.29, 1.82) is 0 Å². The smallest absolute Gasteiger partial charge is 0.220 e. The third kappa shape index (κ3) is 2.58. The van der Waals surface area contributed by atoms with Gasteiger partial charge in [-0.3, -0.25) is 4.79 Å². The van der Waals surface area contributed by atoms with E-state index >= 15 is 0 Å². The van der Waals surface area contributed by atoms with Crippen molar-refractivity contribution in [1.82, 2.24) is 5.32 Å². The minimum absolute atomic E-state index is 0.233. The van der Waals surface area contributed by atoms with E-state index in [1.165, 1.54) is 31.2 Å². The van der Waals surface area contributed by atoms with E-state index in [-0.39, 0.29) is 5.91 Å². The van der Waals surface area contributed by atoms with Crippen molar-refractivity contribution in [3.63, 3.8) is 0 Å². The summed E-state index contributed by atoms with van der Waals surface area (Å²) < 4.78 is 0. The van der Waals surface area contributed by atoms with Crippen LogP contribution in [0.3, 0.4) is 0 Å². The molecule has 2 saturated carbocycles. The highest BCUT2D eigenvalue weighted by Crippen LogP contribution is 2.49. The van der Waals surface area contributed by atoms with Crippen LogP contribution in [-0.2, 0) is 11.3 Å². The summed E-state index contributed by atoms with van der Waals surface area (Å²) in [6.45, 7) is 0.667. The van der Waals surface area contributed by atoms with E-state index in [0.29, 0.717) is 12.5 Å². The third-order valence-electron chi connectivity index (χ3n) is 4.66. The summed E-state index contributed by atoms with van der Waals surface area (Å²) in [7, 11) is 0. The van der Waals surface area contributed by atoms with E-state index in [2.05, 4.69) is 17.4 Å². The van der Waals surface area contributed by atoms with E-state index in [1.54, 1.807) is 0 Å². The Bertz CT molecular complexity index is 414. The molecule has 0 radical (unpaired) electrons. The molecule has 1 aromatic rings. The fourth-order valence-corrected chi connectivity index (χ4v) is 3.73. The average molecular weight is 243 g/mol. The van der Waals surface area contributed by atoms with Crippen LogP contribution in [0.5, 0.6) is 0 Å². The second-order valence-corrected chi connectivity index (χ2v) is 5.90. The lowest BCUT2D eigenvalue weighted by molar-refractivity contribution is -0.122. The number of fused-ring (bicyclic) bond motifs is 2. The molecule has 0 spiro atoms. The Kier molecular flexibility index (Phi) is 3.35. The summed E-state index contributed by atoms with van der Waals surface area (Å²) in [6, 6.07) is 10.1. The van der Waals surface area contributed by atoms with Crippen molar-refractivity contribution in [3.8, 4) is 0 Å². The SMILES string of the molecule is O=C(C[C@@H]1C[C@H]2CC[C@H]1C2)NCc1ccccc1. The molecular weight excluding hydrogens is 222 g/mol. The van der Waals surface area contributed by atoms with Crippen molar-refractivity contribution in [2.75, 3.05) is 0 Å². The normalized spacial score (nSPS) is 29.4. The maximum absolute atomic E-state index is 11.9. The zero-order valence-corrected chi connectivity index (χ0v) is 10.8. The second-order valence-electron chi connectivity index (χ2n) is 5.90. The van der Waals surface area contributed by atoms with Crippen LogP contribution in [0.4, 0.5) is 0 Å². The predicted molar refractivity (Wildman–Crippen MR) is 71.8 cm³/mol. The van der Waals surface area contributed by atoms with Gasteiger partial charge in [0.1, 0.15) is 0 Å². The molecule has 1 amide bonds. The van der Waals surface area contributed by atoms with E-state index in [0.717, 1.165) is 18.3 Å². The number of amides is 1. The number of hydrogen-bond donors (Lipinski definition) is 1. The van der Waals surface area contributed by atoms with Gasteiger partial charge in [0.2, 0.25) is 5.91 Å². The van der Waals surface area contributed by atoms with Gasteiger partial charge in [0.05, 0.1) is 0 Å². The van der Waals surface area contributed by atoms with Gasteiger partial charge >= 0.3 is 0 Å². The molecule has 0 unspecified atom stereocenters. The molecule has 96 valence electrons. The van der Waals surface area contributed by atoms with Gasteiger partial charge < -0.3 is 5.32 Å². The zero-order chi connectivity index (χ0) is 12.4. The lowest BCUT2D eigenvalue weighted by atomic mass is 9.86. The minimum Gasteiger partial charge on any atom is -0.352 e. The van der Waals surface area contributed by atoms with Gasteiger partial charge in [-0.15, -0.1) is 0 Å². The second kappa shape index (κ2) is 5.13. The monoisotopic (exact) mass is 243 g/mol.